The van der Waals surface area contributed by atoms with E-state index in [1.165, 1.54) is 113 Å². The number of amides is 11. The molecule has 25 nitrogen and oxygen atoms in total. The number of carbonyl (C=O) groups excluding carboxylic acids is 11. The van der Waals surface area contributed by atoms with Gasteiger partial charge in [-0.3, -0.25) is 52.7 Å². The van der Waals surface area contributed by atoms with Crippen molar-refractivity contribution in [2.45, 2.75) is 261 Å². The molecule has 0 saturated carbocycles. The number of unbranched alkanes of at least 4 members (excludes halogenated alkanes) is 1. The van der Waals surface area contributed by atoms with E-state index >= 15 is 33.6 Å². The Bertz CT molecular complexity index is 2610. The van der Waals surface area contributed by atoms with Crippen molar-refractivity contribution in [3.05, 3.63) is 12.2 Å². The van der Waals surface area contributed by atoms with Crippen LogP contribution in [0.15, 0.2) is 12.2 Å². The molecule has 6 N–H and O–H groups in total. The minimum absolute atomic E-state index is 0.0222. The standard InChI is InChI=1S/C71H130N12O13S/c1-27-31-34-47(15)59(84)58-63(88)74-50(28-2)65(90)80(24)55(41-97-36-33-32-35-83(29-3)30-4)68(93)79(23)54(40-71(18,19)96)62(87)75-56(45(11)12)69(94)76(20)51(37-42(5)6)61(86)72-48(16)60(85)73-49(17)64(89)77(21)52(38-43(7)8)66(91)78(22)53(39-44(9)10)67(92)81(25)57(46(13)14)70(95)82(58)26/h27,31,42-59,84,96H,28-30,32-41H2,1-26H3,(H,72,86)(H,73,85)(H,74,88)(H,75,87)/t47-,48+,49-,50+,51+,52+,53+,54+,55-,56+,57+,58+,59-/m1/s1. The van der Waals surface area contributed by atoms with Crippen molar-refractivity contribution >= 4 is 76.7 Å². The topological polar surface area (TPSA) is 302 Å². The Morgan fingerprint density at radius 2 is 0.948 bits per heavy atom. The van der Waals surface area contributed by atoms with Gasteiger partial charge >= 0.3 is 0 Å². The maximum atomic E-state index is 15.4. The molecule has 0 aromatic rings. The molecule has 0 bridgehead atoms. The van der Waals surface area contributed by atoms with Crippen molar-refractivity contribution in [2.24, 2.45) is 35.5 Å². The average molecular weight is 1390 g/mol. The summed E-state index contributed by atoms with van der Waals surface area (Å²) in [5.74, 6) is -9.59. The van der Waals surface area contributed by atoms with Gasteiger partial charge in [-0.05, 0) is 140 Å². The number of rotatable bonds is 24. The highest BCUT2D eigenvalue weighted by Crippen LogP contribution is 2.27. The van der Waals surface area contributed by atoms with Gasteiger partial charge in [0.2, 0.25) is 65.0 Å². The Kier molecular flexibility index (Phi) is 38.3. The fourth-order valence-electron chi connectivity index (χ4n) is 12.3. The number of thioether (sulfide) groups is 1. The van der Waals surface area contributed by atoms with Crippen molar-refractivity contribution in [1.29, 1.82) is 0 Å². The van der Waals surface area contributed by atoms with E-state index < -0.39 is 161 Å². The molecule has 1 fully saturated rings. The van der Waals surface area contributed by atoms with Gasteiger partial charge in [0.05, 0.1) is 11.7 Å². The molecule has 1 rings (SSSR count). The Morgan fingerprint density at radius 1 is 0.505 bits per heavy atom. The minimum Gasteiger partial charge on any atom is -0.390 e. The smallest absolute Gasteiger partial charge is 0.246 e. The molecule has 0 radical (unpaired) electrons. The molecule has 97 heavy (non-hydrogen) atoms. The zero-order chi connectivity index (χ0) is 75.0. The third-order valence-electron chi connectivity index (χ3n) is 18.6. The van der Waals surface area contributed by atoms with Crippen molar-refractivity contribution in [1.82, 2.24) is 60.5 Å². The summed E-state index contributed by atoms with van der Waals surface area (Å²) in [5.41, 5.74) is -1.58. The van der Waals surface area contributed by atoms with Gasteiger partial charge < -0.3 is 70.7 Å². The van der Waals surface area contributed by atoms with Crippen molar-refractivity contribution in [2.75, 3.05) is 80.5 Å². The van der Waals surface area contributed by atoms with Crippen LogP contribution >= 0.6 is 11.8 Å². The highest BCUT2D eigenvalue weighted by molar-refractivity contribution is 7.99. The van der Waals surface area contributed by atoms with Crippen LogP contribution < -0.4 is 21.3 Å². The van der Waals surface area contributed by atoms with E-state index in [4.69, 9.17) is 0 Å². The van der Waals surface area contributed by atoms with Gasteiger partial charge in [0.15, 0.2) is 0 Å². The second-order valence-electron chi connectivity index (χ2n) is 29.5. The van der Waals surface area contributed by atoms with Crippen LogP contribution in [-0.4, -0.2) is 273 Å². The molecule has 0 aromatic heterocycles. The van der Waals surface area contributed by atoms with Crippen LogP contribution in [0.25, 0.3) is 0 Å². The minimum atomic E-state index is -1.66. The predicted octanol–water partition coefficient (Wildman–Crippen LogP) is 4.61. The highest BCUT2D eigenvalue weighted by atomic mass is 32.2. The van der Waals surface area contributed by atoms with Crippen LogP contribution in [0.1, 0.15) is 183 Å². The van der Waals surface area contributed by atoms with E-state index in [0.717, 1.165) is 42.3 Å². The molecule has 0 spiro atoms. The van der Waals surface area contributed by atoms with E-state index in [1.807, 2.05) is 47.6 Å². The zero-order valence-corrected chi connectivity index (χ0v) is 64.9. The monoisotopic (exact) mass is 1390 g/mol. The molecule has 558 valence electrons. The number of allylic oxidation sites excluding steroid dienone is 2. The predicted molar refractivity (Wildman–Crippen MR) is 383 cm³/mol. The fraction of sp³-hybridized carbons (Fsp3) is 0.817. The molecular weight excluding hydrogens is 1260 g/mol. The van der Waals surface area contributed by atoms with Gasteiger partial charge in [0.25, 0.3) is 0 Å². The van der Waals surface area contributed by atoms with Crippen molar-refractivity contribution < 1.29 is 63.0 Å². The van der Waals surface area contributed by atoms with E-state index in [0.29, 0.717) is 5.75 Å². The molecule has 11 amide bonds. The molecule has 1 aliphatic heterocycles. The van der Waals surface area contributed by atoms with E-state index in [2.05, 4.69) is 40.0 Å². The van der Waals surface area contributed by atoms with E-state index in [1.54, 1.807) is 54.5 Å². The quantitative estimate of drug-likeness (QED) is 0.0568. The highest BCUT2D eigenvalue weighted by Gasteiger charge is 2.47. The van der Waals surface area contributed by atoms with Crippen LogP contribution in [0.4, 0.5) is 0 Å². The van der Waals surface area contributed by atoms with E-state index in [9.17, 15) is 29.4 Å². The first kappa shape index (κ1) is 89.2. The maximum absolute atomic E-state index is 15.4. The number of nitrogens with zero attached hydrogens (tertiary/aromatic N) is 8. The number of aliphatic hydroxyl groups is 2. The summed E-state index contributed by atoms with van der Waals surface area (Å²) in [5, 5.41) is 34.9. The van der Waals surface area contributed by atoms with Gasteiger partial charge in [-0.15, -0.1) is 0 Å². The molecule has 0 unspecified atom stereocenters. The third-order valence-corrected chi connectivity index (χ3v) is 19.7. The summed E-state index contributed by atoms with van der Waals surface area (Å²) in [6, 6.07) is -14.4. The van der Waals surface area contributed by atoms with Gasteiger partial charge in [-0.25, -0.2) is 0 Å². The van der Waals surface area contributed by atoms with Crippen molar-refractivity contribution in [3.63, 3.8) is 0 Å². The molecule has 26 heteroatoms. The summed E-state index contributed by atoms with van der Waals surface area (Å²) < 4.78 is 0. The normalized spacial score (nSPS) is 26.0. The molecule has 0 aromatic carbocycles. The second kappa shape index (κ2) is 41.6. The second-order valence-corrected chi connectivity index (χ2v) is 30.7. The Balaban J connectivity index is 4.57. The van der Waals surface area contributed by atoms with Gasteiger partial charge in [0.1, 0.15) is 66.5 Å². The molecule has 0 aliphatic carbocycles. The number of hydrogen-bond donors (Lipinski definition) is 6. The molecular formula is C71H130N12O13S. The van der Waals surface area contributed by atoms with Crippen molar-refractivity contribution in [3.8, 4) is 0 Å². The molecule has 13 atom stereocenters. The van der Waals surface area contributed by atoms with Gasteiger partial charge in [-0.2, -0.15) is 11.8 Å². The molecule has 1 heterocycles. The summed E-state index contributed by atoms with van der Waals surface area (Å²) >= 11 is 1.42. The zero-order valence-electron chi connectivity index (χ0n) is 64.1. The van der Waals surface area contributed by atoms with Gasteiger partial charge in [0, 0.05) is 61.5 Å². The first-order valence-corrected chi connectivity index (χ1v) is 36.5. The fourth-order valence-corrected chi connectivity index (χ4v) is 13.4. The Morgan fingerprint density at radius 3 is 1.42 bits per heavy atom. The average Bonchev–Trinajstić information content (AvgIpc) is 0.812. The number of likely N-dealkylation sites (N-methyl/N-ethyl adjacent to an activating group) is 7. The van der Waals surface area contributed by atoms with Gasteiger partial charge in [-0.1, -0.05) is 109 Å². The maximum Gasteiger partial charge on any atom is 0.246 e. The number of carbonyl (C=O) groups is 11. The summed E-state index contributed by atoms with van der Waals surface area (Å²) in [7, 11) is 9.92. The van der Waals surface area contributed by atoms with Crippen LogP contribution in [0, 0.1) is 35.5 Å². The van der Waals surface area contributed by atoms with Crippen LogP contribution in [0.3, 0.4) is 0 Å². The molecule has 1 saturated heterocycles. The lowest BCUT2D eigenvalue weighted by Gasteiger charge is -2.41. The third kappa shape index (κ3) is 26.6. The summed E-state index contributed by atoms with van der Waals surface area (Å²) in [6.07, 6.45) is 4.02. The Labute approximate surface area is 586 Å². The lowest BCUT2D eigenvalue weighted by atomic mass is 9.91. The first-order chi connectivity index (χ1) is 44.9. The summed E-state index contributed by atoms with van der Waals surface area (Å²) in [6.45, 7) is 35.8. The first-order valence-electron chi connectivity index (χ1n) is 35.3. The lowest BCUT2D eigenvalue weighted by Crippen LogP contribution is -2.64. The molecule has 1 aliphatic rings. The number of hydrogen-bond acceptors (Lipinski definition) is 15. The lowest BCUT2D eigenvalue weighted by molar-refractivity contribution is -0.157. The number of aliphatic hydroxyl groups excluding tert-OH is 1. The Hall–Kier alpha value is -5.86. The van der Waals surface area contributed by atoms with Crippen LogP contribution in [0.5, 0.6) is 0 Å². The van der Waals surface area contributed by atoms with Crippen LogP contribution in [-0.2, 0) is 52.7 Å². The number of nitrogens with one attached hydrogen (secondary N) is 4. The largest absolute Gasteiger partial charge is 0.390 e. The SMILES string of the molecule is CC=CC[C@@H](C)[C@@H](O)[C@H]1C(=O)N[C@@H](CC)C(=O)N(C)[C@H](CSCCCCN(CC)CC)C(=O)N(C)[C@@H](CC(C)(C)O)C(=O)N[C@@H](C(C)C)C(=O)N(C)[C@@H](CC(C)C)C(=O)N[C@@H](C)C(=O)N[C@H](C)C(=O)N(C)[C@@H](CC(C)C)C(=O)N(C)[C@@H](CC(C)C)C(=O)N(C)[C@@H](C(C)C)C(=O)N1C. The van der Waals surface area contributed by atoms with Crippen LogP contribution in [0.2, 0.25) is 0 Å². The summed E-state index contributed by atoms with van der Waals surface area (Å²) in [4.78, 5) is 175. The van der Waals surface area contributed by atoms with E-state index in [-0.39, 0.29) is 62.0 Å².